The van der Waals surface area contributed by atoms with Crippen LogP contribution in [0.4, 0.5) is 15.8 Å². The molecule has 6 unspecified atom stereocenters. The van der Waals surface area contributed by atoms with Crippen LogP contribution in [0.15, 0.2) is 66.7 Å². The maximum absolute atomic E-state index is 13.6. The maximum Gasteiger partial charge on any atom is 0.292 e. The van der Waals surface area contributed by atoms with Gasteiger partial charge < -0.3 is 21.7 Å². The van der Waals surface area contributed by atoms with Crippen molar-refractivity contribution in [2.75, 3.05) is 5.32 Å². The summed E-state index contributed by atoms with van der Waals surface area (Å²) in [6, 6.07) is 18.2. The summed E-state index contributed by atoms with van der Waals surface area (Å²) < 4.78 is 13.6. The molecule has 12 heteroatoms. The van der Waals surface area contributed by atoms with E-state index in [9.17, 15) is 24.1 Å². The number of nitro benzene ring substituents is 1. The molecule has 4 aliphatic rings. The standard InChI is InChI=1S/C22H23ClFN3O3.C16H21ClN2O/c1-2-18(26-22(28)12-3-5-13(23)6-4-12)21-16-10-15(11-17(16)21)25-19-9-14(24)7-8-20(19)27(29)30;1-2-14(15-12-7-11(18)8-13(12)15)19-16(20)9-3-5-10(17)6-4-9/h3-9,15-18,21,25H,2,10-11H2,1H3,(H,26,28);3-6,11-15H,2,7-8,18H2,1H3,(H,19,20)/t15?,16-,17+,18?,21?;11?,12-,13+,14?,15?. The Labute approximate surface area is 302 Å². The molecule has 3 aromatic rings. The highest BCUT2D eigenvalue weighted by molar-refractivity contribution is 6.31. The van der Waals surface area contributed by atoms with Crippen molar-refractivity contribution in [3.05, 3.63) is 104 Å². The van der Waals surface area contributed by atoms with Crippen molar-refractivity contribution in [3.63, 3.8) is 0 Å². The van der Waals surface area contributed by atoms with Crippen LogP contribution in [0, 0.1) is 51.4 Å². The van der Waals surface area contributed by atoms with Gasteiger partial charge in [0.05, 0.1) is 4.92 Å². The third-order valence-corrected chi connectivity index (χ3v) is 11.7. The second-order valence-corrected chi connectivity index (χ2v) is 15.1. The van der Waals surface area contributed by atoms with Gasteiger partial charge in [-0.2, -0.15) is 0 Å². The Morgan fingerprint density at radius 2 is 1.24 bits per heavy atom. The lowest BCUT2D eigenvalue weighted by Gasteiger charge is -2.22. The van der Waals surface area contributed by atoms with E-state index in [1.807, 2.05) is 0 Å². The van der Waals surface area contributed by atoms with Gasteiger partial charge in [-0.05, 0) is 129 Å². The lowest BCUT2D eigenvalue weighted by atomic mass is 9.98. The summed E-state index contributed by atoms with van der Waals surface area (Å²) in [4.78, 5) is 35.5. The quantitative estimate of drug-likeness (QED) is 0.117. The van der Waals surface area contributed by atoms with Crippen LogP contribution in [0.3, 0.4) is 0 Å². The van der Waals surface area contributed by atoms with Crippen molar-refractivity contribution in [2.24, 2.45) is 41.2 Å². The number of anilines is 1. The Morgan fingerprint density at radius 3 is 1.66 bits per heavy atom. The molecule has 0 aliphatic heterocycles. The smallest absolute Gasteiger partial charge is 0.292 e. The van der Waals surface area contributed by atoms with Crippen molar-refractivity contribution in [3.8, 4) is 0 Å². The second-order valence-electron chi connectivity index (χ2n) is 14.3. The fourth-order valence-corrected chi connectivity index (χ4v) is 9.04. The number of nitrogens with zero attached hydrogens (tertiary/aromatic N) is 1. The average Bonchev–Trinajstić information content (AvgIpc) is 3.81. The molecule has 7 rings (SSSR count). The first kappa shape index (κ1) is 36.1. The number of carbonyl (C=O) groups excluding carboxylic acids is 2. The average molecular weight is 725 g/mol. The largest absolute Gasteiger partial charge is 0.377 e. The van der Waals surface area contributed by atoms with Gasteiger partial charge in [0.25, 0.3) is 17.5 Å². The van der Waals surface area contributed by atoms with Crippen molar-refractivity contribution in [1.82, 2.24) is 10.6 Å². The van der Waals surface area contributed by atoms with Crippen LogP contribution >= 0.6 is 23.2 Å². The van der Waals surface area contributed by atoms with Gasteiger partial charge in [0, 0.05) is 57.5 Å². The number of rotatable bonds is 11. The zero-order chi connectivity index (χ0) is 35.7. The van der Waals surface area contributed by atoms with E-state index in [0.717, 1.165) is 56.4 Å². The molecule has 10 atom stereocenters. The molecule has 0 radical (unpaired) electrons. The predicted octanol–water partition coefficient (Wildman–Crippen LogP) is 7.86. The number of halogens is 3. The molecule has 0 bridgehead atoms. The van der Waals surface area contributed by atoms with Gasteiger partial charge in [0.15, 0.2) is 0 Å². The Morgan fingerprint density at radius 1 is 0.800 bits per heavy atom. The molecule has 0 spiro atoms. The SMILES string of the molecule is CCC(NC(=O)c1ccc(Cl)cc1)C1[C@H]2CC(N)C[C@@H]12.CCC(NC(=O)c1ccc(Cl)cc1)C1[C@H]2CC(Nc3cc(F)ccc3[N+](=O)[O-])C[C@@H]12. The minimum Gasteiger partial charge on any atom is -0.377 e. The minimum absolute atomic E-state index is 0.00258. The number of hydrogen-bond acceptors (Lipinski definition) is 6. The Kier molecular flexibility index (Phi) is 11.0. The first-order valence-electron chi connectivity index (χ1n) is 17.6. The zero-order valence-electron chi connectivity index (χ0n) is 28.2. The van der Waals surface area contributed by atoms with Crippen LogP contribution in [0.25, 0.3) is 0 Å². The number of amides is 2. The summed E-state index contributed by atoms with van der Waals surface area (Å²) in [6.45, 7) is 4.20. The molecule has 4 fully saturated rings. The molecule has 5 N–H and O–H groups in total. The van der Waals surface area contributed by atoms with E-state index in [-0.39, 0.29) is 41.3 Å². The van der Waals surface area contributed by atoms with Gasteiger partial charge >= 0.3 is 0 Å². The van der Waals surface area contributed by atoms with Crippen LogP contribution in [-0.4, -0.2) is 40.9 Å². The number of nitrogens with two attached hydrogens (primary N) is 1. The highest BCUT2D eigenvalue weighted by atomic mass is 35.5. The fourth-order valence-electron chi connectivity index (χ4n) is 8.79. The van der Waals surface area contributed by atoms with Crippen molar-refractivity contribution < 1.29 is 18.9 Å². The number of fused-ring (bicyclic) bond motifs is 2. The number of carbonyl (C=O) groups is 2. The molecular formula is C38H44Cl2FN5O4. The molecule has 266 valence electrons. The lowest BCUT2D eigenvalue weighted by Crippen LogP contribution is -2.38. The summed E-state index contributed by atoms with van der Waals surface area (Å²) in [6.07, 6.45) is 5.79. The number of hydrogen-bond donors (Lipinski definition) is 4. The van der Waals surface area contributed by atoms with E-state index in [4.69, 9.17) is 28.9 Å². The van der Waals surface area contributed by atoms with Crippen LogP contribution < -0.4 is 21.7 Å². The Balaban J connectivity index is 0.000000187. The minimum atomic E-state index is -0.500. The predicted molar refractivity (Wildman–Crippen MR) is 194 cm³/mol. The van der Waals surface area contributed by atoms with Crippen molar-refractivity contribution in [1.29, 1.82) is 0 Å². The van der Waals surface area contributed by atoms with Gasteiger partial charge in [-0.15, -0.1) is 0 Å². The Bertz CT molecular complexity index is 1690. The van der Waals surface area contributed by atoms with E-state index in [1.165, 1.54) is 12.1 Å². The van der Waals surface area contributed by atoms with Gasteiger partial charge in [-0.3, -0.25) is 19.7 Å². The summed E-state index contributed by atoms with van der Waals surface area (Å²) in [5, 5.41) is 21.9. The summed E-state index contributed by atoms with van der Waals surface area (Å²) >= 11 is 11.7. The van der Waals surface area contributed by atoms with Gasteiger partial charge in [0.2, 0.25) is 0 Å². The molecule has 0 saturated heterocycles. The van der Waals surface area contributed by atoms with Gasteiger partial charge in [-0.1, -0.05) is 37.0 Å². The molecule has 3 aromatic carbocycles. The summed E-state index contributed by atoms with van der Waals surface area (Å²) in [5.41, 5.74) is 7.34. The summed E-state index contributed by atoms with van der Waals surface area (Å²) in [7, 11) is 0. The third kappa shape index (κ3) is 8.08. The van der Waals surface area contributed by atoms with Gasteiger partial charge in [-0.25, -0.2) is 4.39 Å². The Hall–Kier alpha value is -3.73. The molecule has 50 heavy (non-hydrogen) atoms. The van der Waals surface area contributed by atoms with E-state index in [0.29, 0.717) is 50.9 Å². The third-order valence-electron chi connectivity index (χ3n) is 11.2. The van der Waals surface area contributed by atoms with E-state index in [1.54, 1.807) is 48.5 Å². The second kappa shape index (κ2) is 15.3. The summed E-state index contributed by atoms with van der Waals surface area (Å²) in [5.74, 6) is 2.84. The zero-order valence-corrected chi connectivity index (χ0v) is 29.7. The molecule has 0 heterocycles. The number of benzene rings is 3. The molecule has 4 saturated carbocycles. The lowest BCUT2D eigenvalue weighted by molar-refractivity contribution is -0.384. The first-order valence-corrected chi connectivity index (χ1v) is 18.3. The molecule has 4 aliphatic carbocycles. The monoisotopic (exact) mass is 723 g/mol. The van der Waals surface area contributed by atoms with Crippen molar-refractivity contribution in [2.45, 2.75) is 76.5 Å². The highest BCUT2D eigenvalue weighted by Gasteiger charge is 2.59. The van der Waals surface area contributed by atoms with E-state index in [2.05, 4.69) is 29.8 Å². The first-order chi connectivity index (χ1) is 24.0. The fraction of sp³-hybridized carbons (Fsp3) is 0.474. The normalized spacial score (nSPS) is 28.2. The van der Waals surface area contributed by atoms with Crippen LogP contribution in [-0.2, 0) is 0 Å². The van der Waals surface area contributed by atoms with Crippen LogP contribution in [0.1, 0.15) is 73.1 Å². The topological polar surface area (TPSA) is 139 Å². The van der Waals surface area contributed by atoms with Crippen molar-refractivity contribution >= 4 is 46.4 Å². The van der Waals surface area contributed by atoms with Crippen LogP contribution in [0.2, 0.25) is 10.0 Å². The molecule has 2 amide bonds. The highest BCUT2D eigenvalue weighted by Crippen LogP contribution is 2.60. The molecular weight excluding hydrogens is 680 g/mol. The van der Waals surface area contributed by atoms with Crippen LogP contribution in [0.5, 0.6) is 0 Å². The number of nitrogens with one attached hydrogen (secondary N) is 3. The van der Waals surface area contributed by atoms with E-state index < -0.39 is 10.7 Å². The van der Waals surface area contributed by atoms with Gasteiger partial charge in [0.1, 0.15) is 11.5 Å². The molecule has 0 aromatic heterocycles. The number of nitro groups is 1. The molecule has 9 nitrogen and oxygen atoms in total. The van der Waals surface area contributed by atoms with E-state index >= 15 is 0 Å². The maximum atomic E-state index is 13.6.